The number of amides is 1. The van der Waals surface area contributed by atoms with E-state index in [2.05, 4.69) is 83.9 Å². The molecule has 0 unspecified atom stereocenters. The number of benzene rings is 2. The van der Waals surface area contributed by atoms with Gasteiger partial charge in [-0.25, -0.2) is 4.98 Å². The average molecular weight is 760 g/mol. The molecule has 2 aromatic carbocycles. The number of piperazine rings is 1. The van der Waals surface area contributed by atoms with Crippen molar-refractivity contribution in [2.45, 2.75) is 0 Å². The van der Waals surface area contributed by atoms with Crippen molar-refractivity contribution in [2.24, 2.45) is 0 Å². The minimum atomic E-state index is 0.0282. The minimum Gasteiger partial charge on any atom is -0.366 e. The third kappa shape index (κ3) is 5.29. The van der Waals surface area contributed by atoms with Crippen molar-refractivity contribution in [1.29, 1.82) is 0 Å². The Morgan fingerprint density at radius 3 is 2.22 bits per heavy atom. The zero-order chi connectivity index (χ0) is 25.4. The summed E-state index contributed by atoms with van der Waals surface area (Å²) >= 11 is 20.3. The van der Waals surface area contributed by atoms with Gasteiger partial charge < -0.3 is 15.1 Å². The Morgan fingerprint density at radius 2 is 1.56 bits per heavy atom. The SMILES string of the molecule is O=C(c1ccc(Nc2ccnc3cc(Cl)ccc23)cc1)N1CCN(c2c(Br)c(Br)nc(Br)c2Br)CC1. The zero-order valence-electron chi connectivity index (χ0n) is 18.6. The summed E-state index contributed by atoms with van der Waals surface area (Å²) in [6.07, 6.45) is 1.75. The molecule has 0 radical (unpaired) electrons. The second kappa shape index (κ2) is 10.9. The number of carbonyl (C=O) groups is 1. The van der Waals surface area contributed by atoms with Gasteiger partial charge in [-0.3, -0.25) is 9.78 Å². The fourth-order valence-corrected chi connectivity index (χ4v) is 6.63. The van der Waals surface area contributed by atoms with Gasteiger partial charge >= 0.3 is 0 Å². The number of halogens is 5. The van der Waals surface area contributed by atoms with Crippen LogP contribution >= 0.6 is 75.3 Å². The summed E-state index contributed by atoms with van der Waals surface area (Å²) in [7, 11) is 0. The molecule has 5 rings (SSSR count). The Bertz CT molecular complexity index is 1430. The normalized spacial score (nSPS) is 13.8. The van der Waals surface area contributed by atoms with Gasteiger partial charge in [0, 0.05) is 59.7 Å². The van der Waals surface area contributed by atoms with E-state index in [0.29, 0.717) is 36.8 Å². The van der Waals surface area contributed by atoms with Crippen LogP contribution in [0.5, 0.6) is 0 Å². The molecule has 184 valence electrons. The number of hydrogen-bond donors (Lipinski definition) is 1. The standard InChI is InChI=1S/C25H18Br4ClN5O/c26-20-22(21(27)24(29)33-23(20)28)34-9-11-35(12-10-34)25(36)14-1-4-16(5-2-14)32-18-7-8-31-19-13-15(30)3-6-17(18)19/h1-8,13H,9-12H2,(H,31,32). The van der Waals surface area contributed by atoms with Crippen LogP contribution < -0.4 is 10.2 Å². The van der Waals surface area contributed by atoms with Crippen LogP contribution in [0, 0.1) is 0 Å². The highest BCUT2D eigenvalue weighted by Crippen LogP contribution is 2.42. The quantitative estimate of drug-likeness (QED) is 0.214. The Hall–Kier alpha value is -1.72. The molecule has 6 nitrogen and oxygen atoms in total. The van der Waals surface area contributed by atoms with Crippen LogP contribution in [0.3, 0.4) is 0 Å². The van der Waals surface area contributed by atoms with Crippen molar-refractivity contribution < 1.29 is 4.79 Å². The molecule has 11 heteroatoms. The summed E-state index contributed by atoms with van der Waals surface area (Å²) in [5.74, 6) is 0.0282. The van der Waals surface area contributed by atoms with E-state index >= 15 is 0 Å². The van der Waals surface area contributed by atoms with E-state index in [0.717, 1.165) is 46.1 Å². The first kappa shape index (κ1) is 25.9. The number of rotatable bonds is 4. The predicted molar refractivity (Wildman–Crippen MR) is 160 cm³/mol. The fourth-order valence-electron chi connectivity index (χ4n) is 4.15. The van der Waals surface area contributed by atoms with Crippen molar-refractivity contribution in [2.75, 3.05) is 36.4 Å². The van der Waals surface area contributed by atoms with Crippen LogP contribution in [0.1, 0.15) is 10.4 Å². The van der Waals surface area contributed by atoms with Gasteiger partial charge in [0.15, 0.2) is 0 Å². The van der Waals surface area contributed by atoms with Crippen molar-refractivity contribution >= 4 is 109 Å². The van der Waals surface area contributed by atoms with Gasteiger partial charge in [-0.15, -0.1) is 0 Å². The second-order valence-corrected chi connectivity index (χ2v) is 11.7. The lowest BCUT2D eigenvalue weighted by Crippen LogP contribution is -2.49. The highest BCUT2D eigenvalue weighted by Gasteiger charge is 2.26. The molecule has 0 atom stereocenters. The third-order valence-corrected chi connectivity index (χ3v) is 9.92. The maximum Gasteiger partial charge on any atom is 0.253 e. The average Bonchev–Trinajstić information content (AvgIpc) is 2.88. The van der Waals surface area contributed by atoms with Gasteiger partial charge in [0.25, 0.3) is 5.91 Å². The molecule has 4 aromatic rings. The van der Waals surface area contributed by atoms with Gasteiger partial charge in [-0.2, -0.15) is 0 Å². The topological polar surface area (TPSA) is 61.4 Å². The van der Waals surface area contributed by atoms with E-state index in [4.69, 9.17) is 11.6 Å². The number of hydrogen-bond acceptors (Lipinski definition) is 5. The number of nitrogens with zero attached hydrogens (tertiary/aromatic N) is 4. The van der Waals surface area contributed by atoms with E-state index < -0.39 is 0 Å². The molecule has 1 N–H and O–H groups in total. The number of carbonyl (C=O) groups excluding carboxylic acids is 1. The lowest BCUT2D eigenvalue weighted by Gasteiger charge is -2.37. The minimum absolute atomic E-state index is 0.0282. The Balaban J connectivity index is 1.26. The summed E-state index contributed by atoms with van der Waals surface area (Å²) in [5, 5.41) is 5.05. The monoisotopic (exact) mass is 755 g/mol. The van der Waals surface area contributed by atoms with Gasteiger partial charge in [0.1, 0.15) is 9.21 Å². The second-order valence-electron chi connectivity index (χ2n) is 8.17. The summed E-state index contributed by atoms with van der Waals surface area (Å²) in [6.45, 7) is 2.68. The number of nitrogens with one attached hydrogen (secondary N) is 1. The predicted octanol–water partition coefficient (Wildman–Crippen LogP) is 8.04. The lowest BCUT2D eigenvalue weighted by molar-refractivity contribution is 0.0746. The molecule has 1 aliphatic heterocycles. The highest BCUT2D eigenvalue weighted by molar-refractivity contribution is 9.14. The molecule has 2 aromatic heterocycles. The van der Waals surface area contributed by atoms with E-state index in [1.165, 1.54) is 0 Å². The number of anilines is 3. The maximum atomic E-state index is 13.2. The van der Waals surface area contributed by atoms with Crippen LogP contribution in [0.2, 0.25) is 5.02 Å². The first-order valence-electron chi connectivity index (χ1n) is 11.0. The maximum absolute atomic E-state index is 13.2. The lowest BCUT2D eigenvalue weighted by atomic mass is 10.1. The summed E-state index contributed by atoms with van der Waals surface area (Å²) in [5.41, 5.74) is 4.32. The summed E-state index contributed by atoms with van der Waals surface area (Å²) in [4.78, 5) is 26.1. The van der Waals surface area contributed by atoms with E-state index in [1.807, 2.05) is 53.4 Å². The van der Waals surface area contributed by atoms with Crippen LogP contribution in [-0.2, 0) is 0 Å². The first-order chi connectivity index (χ1) is 17.3. The molecule has 0 aliphatic carbocycles. The number of aromatic nitrogens is 2. The molecule has 1 saturated heterocycles. The van der Waals surface area contributed by atoms with Crippen LogP contribution in [-0.4, -0.2) is 47.0 Å². The molecule has 1 fully saturated rings. The smallest absolute Gasteiger partial charge is 0.253 e. The van der Waals surface area contributed by atoms with Crippen LogP contribution in [0.15, 0.2) is 72.9 Å². The molecule has 0 spiro atoms. The van der Waals surface area contributed by atoms with Gasteiger partial charge in [-0.05, 0) is 112 Å². The first-order valence-corrected chi connectivity index (χ1v) is 14.5. The zero-order valence-corrected chi connectivity index (χ0v) is 25.7. The van der Waals surface area contributed by atoms with Crippen LogP contribution in [0.25, 0.3) is 10.9 Å². The van der Waals surface area contributed by atoms with E-state index in [1.54, 1.807) is 6.20 Å². The largest absolute Gasteiger partial charge is 0.366 e. The van der Waals surface area contributed by atoms with Crippen molar-refractivity contribution in [3.05, 3.63) is 83.5 Å². The molecule has 0 bridgehead atoms. The molecular weight excluding hydrogens is 741 g/mol. The van der Waals surface area contributed by atoms with E-state index in [-0.39, 0.29) is 5.91 Å². The highest BCUT2D eigenvalue weighted by atomic mass is 79.9. The molecule has 3 heterocycles. The summed E-state index contributed by atoms with van der Waals surface area (Å²) in [6, 6.07) is 15.1. The molecule has 0 saturated carbocycles. The van der Waals surface area contributed by atoms with Gasteiger partial charge in [0.05, 0.1) is 20.1 Å². The number of fused-ring (bicyclic) bond motifs is 1. The Kier molecular flexibility index (Phi) is 7.88. The fraction of sp³-hybridized carbons (Fsp3) is 0.160. The van der Waals surface area contributed by atoms with Crippen LogP contribution in [0.4, 0.5) is 17.1 Å². The Labute approximate surface area is 246 Å². The van der Waals surface area contributed by atoms with Gasteiger partial charge in [0.2, 0.25) is 0 Å². The third-order valence-electron chi connectivity index (χ3n) is 5.97. The van der Waals surface area contributed by atoms with Crippen molar-refractivity contribution in [3.8, 4) is 0 Å². The number of pyridine rings is 2. The van der Waals surface area contributed by atoms with Crippen molar-refractivity contribution in [1.82, 2.24) is 14.9 Å². The van der Waals surface area contributed by atoms with Crippen molar-refractivity contribution in [3.63, 3.8) is 0 Å². The molecule has 1 aliphatic rings. The van der Waals surface area contributed by atoms with Gasteiger partial charge in [-0.1, -0.05) is 11.6 Å². The Morgan fingerprint density at radius 1 is 0.889 bits per heavy atom. The molecular formula is C25H18Br4ClN5O. The summed E-state index contributed by atoms with van der Waals surface area (Å²) < 4.78 is 3.21. The molecule has 36 heavy (non-hydrogen) atoms. The molecule has 1 amide bonds. The van der Waals surface area contributed by atoms with E-state index in [9.17, 15) is 4.79 Å².